The molecule has 3 nitrogen and oxygen atoms in total. The zero-order chi connectivity index (χ0) is 11.5. The molecule has 84 valence electrons. The van der Waals surface area contributed by atoms with Crippen LogP contribution in [0, 0.1) is 6.92 Å². The first-order chi connectivity index (χ1) is 7.66. The number of aliphatic hydroxyl groups excluding tert-OH is 1. The van der Waals surface area contributed by atoms with Crippen molar-refractivity contribution < 1.29 is 5.11 Å². The van der Waals surface area contributed by atoms with Crippen LogP contribution in [0.15, 0.2) is 41.1 Å². The second-order valence-corrected chi connectivity index (χ2v) is 4.67. The molecule has 0 saturated heterocycles. The van der Waals surface area contributed by atoms with Crippen molar-refractivity contribution in [3.63, 3.8) is 0 Å². The highest BCUT2D eigenvalue weighted by atomic mass is 79.9. The van der Waals surface area contributed by atoms with Gasteiger partial charge in [-0.2, -0.15) is 5.10 Å². The minimum Gasteiger partial charge on any atom is -0.386 e. The summed E-state index contributed by atoms with van der Waals surface area (Å²) in [6, 6.07) is 7.84. The Balaban J connectivity index is 2.14. The van der Waals surface area contributed by atoms with Crippen LogP contribution in [0.2, 0.25) is 0 Å². The van der Waals surface area contributed by atoms with Gasteiger partial charge >= 0.3 is 0 Å². The highest BCUT2D eigenvalue weighted by Crippen LogP contribution is 2.19. The lowest BCUT2D eigenvalue weighted by atomic mass is 10.0. The Kier molecular flexibility index (Phi) is 3.41. The average Bonchev–Trinajstić information content (AvgIpc) is 2.64. The van der Waals surface area contributed by atoms with Gasteiger partial charge in [-0.1, -0.05) is 24.3 Å². The monoisotopic (exact) mass is 280 g/mol. The predicted octanol–water partition coefficient (Wildman–Crippen LogP) is 2.69. The van der Waals surface area contributed by atoms with E-state index in [4.69, 9.17) is 0 Å². The molecule has 0 radical (unpaired) electrons. The minimum absolute atomic E-state index is 0.469. The van der Waals surface area contributed by atoms with Gasteiger partial charge < -0.3 is 5.11 Å². The van der Waals surface area contributed by atoms with E-state index < -0.39 is 6.10 Å². The fraction of sp³-hybridized carbons (Fsp3) is 0.250. The zero-order valence-electron chi connectivity index (χ0n) is 8.97. The molecule has 2 rings (SSSR count). The molecule has 0 aliphatic rings. The van der Waals surface area contributed by atoms with Crippen molar-refractivity contribution >= 4 is 15.9 Å². The van der Waals surface area contributed by atoms with Crippen molar-refractivity contribution in [2.24, 2.45) is 0 Å². The lowest BCUT2D eigenvalue weighted by Gasteiger charge is -2.13. The number of benzene rings is 1. The highest BCUT2D eigenvalue weighted by Gasteiger charge is 2.10. The van der Waals surface area contributed by atoms with Crippen molar-refractivity contribution in [3.8, 4) is 0 Å². The van der Waals surface area contributed by atoms with Crippen molar-refractivity contribution in [1.29, 1.82) is 0 Å². The fourth-order valence-corrected chi connectivity index (χ4v) is 2.00. The molecule has 1 N–H and O–H groups in total. The lowest BCUT2D eigenvalue weighted by Crippen LogP contribution is -2.10. The van der Waals surface area contributed by atoms with Gasteiger partial charge in [-0.15, -0.1) is 0 Å². The van der Waals surface area contributed by atoms with Crippen LogP contribution in [-0.4, -0.2) is 14.9 Å². The van der Waals surface area contributed by atoms with E-state index >= 15 is 0 Å². The van der Waals surface area contributed by atoms with E-state index in [2.05, 4.69) is 21.0 Å². The first-order valence-electron chi connectivity index (χ1n) is 5.08. The third-order valence-electron chi connectivity index (χ3n) is 2.51. The second kappa shape index (κ2) is 4.80. The van der Waals surface area contributed by atoms with Crippen molar-refractivity contribution in [2.45, 2.75) is 19.6 Å². The molecule has 1 heterocycles. The van der Waals surface area contributed by atoms with Crippen LogP contribution in [0.5, 0.6) is 0 Å². The summed E-state index contributed by atoms with van der Waals surface area (Å²) >= 11 is 3.33. The topological polar surface area (TPSA) is 38.0 Å². The summed E-state index contributed by atoms with van der Waals surface area (Å²) in [5, 5.41) is 14.2. The third-order valence-corrected chi connectivity index (χ3v) is 2.92. The van der Waals surface area contributed by atoms with E-state index in [0.29, 0.717) is 6.54 Å². The normalized spacial score (nSPS) is 12.7. The van der Waals surface area contributed by atoms with E-state index in [-0.39, 0.29) is 0 Å². The smallest absolute Gasteiger partial charge is 0.0988 e. The lowest BCUT2D eigenvalue weighted by molar-refractivity contribution is 0.151. The molecule has 1 atom stereocenters. The van der Waals surface area contributed by atoms with Crippen LogP contribution >= 0.6 is 15.9 Å². The molecule has 0 spiro atoms. The minimum atomic E-state index is -0.520. The van der Waals surface area contributed by atoms with E-state index in [1.165, 1.54) is 0 Å². The highest BCUT2D eigenvalue weighted by molar-refractivity contribution is 9.10. The number of aromatic nitrogens is 2. The van der Waals surface area contributed by atoms with Crippen LogP contribution in [0.4, 0.5) is 0 Å². The predicted molar refractivity (Wildman–Crippen MR) is 66.1 cm³/mol. The number of halogens is 1. The van der Waals surface area contributed by atoms with Gasteiger partial charge in [0.2, 0.25) is 0 Å². The molecular formula is C12H13BrN2O. The van der Waals surface area contributed by atoms with Gasteiger partial charge in [-0.05, 0) is 34.0 Å². The van der Waals surface area contributed by atoms with Crippen molar-refractivity contribution in [2.75, 3.05) is 0 Å². The van der Waals surface area contributed by atoms with Gasteiger partial charge in [0.25, 0.3) is 0 Å². The first kappa shape index (κ1) is 11.4. The second-order valence-electron chi connectivity index (χ2n) is 3.75. The molecule has 1 unspecified atom stereocenters. The molecule has 0 amide bonds. The molecule has 1 aromatic heterocycles. The van der Waals surface area contributed by atoms with Gasteiger partial charge in [-0.25, -0.2) is 0 Å². The molecule has 1 aromatic carbocycles. The van der Waals surface area contributed by atoms with Gasteiger partial charge in [0.05, 0.1) is 23.3 Å². The van der Waals surface area contributed by atoms with E-state index in [9.17, 15) is 5.11 Å². The number of rotatable bonds is 3. The van der Waals surface area contributed by atoms with Crippen LogP contribution in [-0.2, 0) is 6.54 Å². The Bertz CT molecular complexity index is 481. The molecule has 0 saturated carbocycles. The van der Waals surface area contributed by atoms with E-state index in [1.54, 1.807) is 10.9 Å². The summed E-state index contributed by atoms with van der Waals surface area (Å²) in [7, 11) is 0. The molecule has 4 heteroatoms. The average molecular weight is 281 g/mol. The number of hydrogen-bond donors (Lipinski definition) is 1. The standard InChI is InChI=1S/C12H13BrN2O/c1-9-4-2-3-5-11(9)12(16)8-15-7-10(13)6-14-15/h2-7,12,16H,8H2,1H3. The molecular weight excluding hydrogens is 268 g/mol. The maximum absolute atomic E-state index is 10.1. The Hall–Kier alpha value is -1.13. The number of hydrogen-bond acceptors (Lipinski definition) is 2. The Morgan fingerprint density at radius 1 is 1.44 bits per heavy atom. The zero-order valence-corrected chi connectivity index (χ0v) is 10.6. The summed E-state index contributed by atoms with van der Waals surface area (Å²) in [4.78, 5) is 0. The van der Waals surface area contributed by atoms with E-state index in [1.807, 2.05) is 37.4 Å². The summed E-state index contributed by atoms with van der Waals surface area (Å²) in [5.74, 6) is 0. The number of aryl methyl sites for hydroxylation is 1. The molecule has 0 aliphatic carbocycles. The molecule has 16 heavy (non-hydrogen) atoms. The van der Waals surface area contributed by atoms with Gasteiger partial charge in [-0.3, -0.25) is 4.68 Å². The Labute approximate surface area is 103 Å². The Morgan fingerprint density at radius 2 is 2.19 bits per heavy atom. The Morgan fingerprint density at radius 3 is 2.81 bits per heavy atom. The number of aliphatic hydroxyl groups is 1. The maximum Gasteiger partial charge on any atom is 0.0988 e. The van der Waals surface area contributed by atoms with Crippen LogP contribution < -0.4 is 0 Å². The van der Waals surface area contributed by atoms with Crippen LogP contribution in [0.1, 0.15) is 17.2 Å². The van der Waals surface area contributed by atoms with Crippen molar-refractivity contribution in [3.05, 3.63) is 52.3 Å². The van der Waals surface area contributed by atoms with Crippen LogP contribution in [0.3, 0.4) is 0 Å². The van der Waals surface area contributed by atoms with Crippen LogP contribution in [0.25, 0.3) is 0 Å². The molecule has 0 fully saturated rings. The van der Waals surface area contributed by atoms with Gasteiger partial charge in [0, 0.05) is 6.20 Å². The maximum atomic E-state index is 10.1. The summed E-state index contributed by atoms with van der Waals surface area (Å²) < 4.78 is 2.64. The SMILES string of the molecule is Cc1ccccc1C(O)Cn1cc(Br)cn1. The van der Waals surface area contributed by atoms with Crippen molar-refractivity contribution in [1.82, 2.24) is 9.78 Å². The first-order valence-corrected chi connectivity index (χ1v) is 5.87. The molecule has 2 aromatic rings. The number of nitrogens with zero attached hydrogens (tertiary/aromatic N) is 2. The summed E-state index contributed by atoms with van der Waals surface area (Å²) in [6.07, 6.45) is 3.04. The summed E-state index contributed by atoms with van der Waals surface area (Å²) in [5.41, 5.74) is 2.05. The van der Waals surface area contributed by atoms with Gasteiger partial charge in [0.1, 0.15) is 0 Å². The molecule has 0 aliphatic heterocycles. The van der Waals surface area contributed by atoms with Gasteiger partial charge in [0.15, 0.2) is 0 Å². The van der Waals surface area contributed by atoms with E-state index in [0.717, 1.165) is 15.6 Å². The third kappa shape index (κ3) is 2.51. The summed E-state index contributed by atoms with van der Waals surface area (Å²) in [6.45, 7) is 2.47. The fourth-order valence-electron chi connectivity index (χ4n) is 1.67. The quantitative estimate of drug-likeness (QED) is 0.939. The largest absolute Gasteiger partial charge is 0.386 e. The molecule has 0 bridgehead atoms.